The van der Waals surface area contributed by atoms with E-state index in [0.717, 1.165) is 5.56 Å². The number of carbonyl (C=O) groups is 1. The third kappa shape index (κ3) is 1.95. The number of rotatable bonds is 1. The first-order chi connectivity index (χ1) is 12.6. The maximum absolute atomic E-state index is 12.9. The molecule has 26 heavy (non-hydrogen) atoms. The van der Waals surface area contributed by atoms with Crippen molar-refractivity contribution in [2.75, 3.05) is 13.6 Å². The molecule has 0 saturated carbocycles. The zero-order valence-corrected chi connectivity index (χ0v) is 14.4. The molecule has 0 aromatic heterocycles. The number of phenolic OH excluding ortho intramolecular Hbond substituents is 1. The van der Waals surface area contributed by atoms with Crippen LogP contribution in [0.15, 0.2) is 24.3 Å². The van der Waals surface area contributed by atoms with Crippen LogP contribution in [0.5, 0.6) is 28.7 Å². The summed E-state index contributed by atoms with van der Waals surface area (Å²) >= 11 is 0. The molecule has 0 amide bonds. The van der Waals surface area contributed by atoms with Gasteiger partial charge in [0.15, 0.2) is 28.8 Å². The molecule has 0 bridgehead atoms. The van der Waals surface area contributed by atoms with Gasteiger partial charge in [-0.15, -0.1) is 0 Å². The number of carbonyl (C=O) groups excluding carboxylic acids is 1. The Morgan fingerprint density at radius 1 is 0.962 bits per heavy atom. The Morgan fingerprint density at radius 3 is 2.46 bits per heavy atom. The topological polar surface area (TPSA) is 74.2 Å². The summed E-state index contributed by atoms with van der Waals surface area (Å²) in [4.78, 5) is 12.9. The van der Waals surface area contributed by atoms with E-state index in [9.17, 15) is 9.90 Å². The van der Waals surface area contributed by atoms with Crippen molar-refractivity contribution in [1.29, 1.82) is 0 Å². The zero-order chi connectivity index (χ0) is 18.0. The number of ketones is 1. The maximum Gasteiger partial charge on any atom is 0.231 e. The van der Waals surface area contributed by atoms with Crippen molar-refractivity contribution >= 4 is 5.78 Å². The van der Waals surface area contributed by atoms with Crippen molar-refractivity contribution in [1.82, 2.24) is 0 Å². The van der Waals surface area contributed by atoms with Crippen LogP contribution in [0.3, 0.4) is 0 Å². The van der Waals surface area contributed by atoms with Gasteiger partial charge in [-0.2, -0.15) is 0 Å². The minimum absolute atomic E-state index is 0.0306. The molecule has 2 aromatic carbocycles. The summed E-state index contributed by atoms with van der Waals surface area (Å²) < 4.78 is 22.1. The van der Waals surface area contributed by atoms with Gasteiger partial charge in [-0.05, 0) is 24.1 Å². The molecule has 5 rings (SSSR count). The van der Waals surface area contributed by atoms with E-state index in [-0.39, 0.29) is 42.9 Å². The Bertz CT molecular complexity index is 934. The van der Waals surface area contributed by atoms with Crippen molar-refractivity contribution in [2.45, 2.75) is 19.8 Å². The number of benzene rings is 2. The van der Waals surface area contributed by atoms with E-state index in [1.807, 2.05) is 13.8 Å². The number of Topliss-reactive ketones (excluding diaryl/α,β-unsaturated/α-hetero) is 1. The molecule has 6 nitrogen and oxygen atoms in total. The van der Waals surface area contributed by atoms with Crippen LogP contribution in [0, 0.1) is 11.8 Å². The van der Waals surface area contributed by atoms with E-state index in [4.69, 9.17) is 18.9 Å². The highest BCUT2D eigenvalue weighted by atomic mass is 16.7. The average Bonchev–Trinajstić information content (AvgIpc) is 3.28. The summed E-state index contributed by atoms with van der Waals surface area (Å²) in [6.45, 7) is 4.22. The molecule has 2 aromatic rings. The molecule has 3 atom stereocenters. The molecule has 0 spiro atoms. The minimum atomic E-state index is -0.219. The first-order valence-corrected chi connectivity index (χ1v) is 8.65. The average molecular weight is 354 g/mol. The van der Waals surface area contributed by atoms with Crippen LogP contribution in [-0.2, 0) is 0 Å². The lowest BCUT2D eigenvalue weighted by Crippen LogP contribution is -2.32. The molecular weight excluding hydrogens is 336 g/mol. The van der Waals surface area contributed by atoms with Gasteiger partial charge in [-0.1, -0.05) is 13.8 Å². The molecule has 1 aliphatic carbocycles. The van der Waals surface area contributed by atoms with Gasteiger partial charge in [0.2, 0.25) is 13.6 Å². The van der Waals surface area contributed by atoms with Crippen molar-refractivity contribution in [3.8, 4) is 28.7 Å². The van der Waals surface area contributed by atoms with Gasteiger partial charge in [0.25, 0.3) is 0 Å². The number of fused-ring (bicyclic) bond motifs is 4. The molecule has 0 radical (unpaired) electrons. The van der Waals surface area contributed by atoms with Gasteiger partial charge < -0.3 is 24.1 Å². The fourth-order valence-electron chi connectivity index (χ4n) is 4.19. The molecule has 0 fully saturated rings. The second-order valence-corrected chi connectivity index (χ2v) is 7.01. The van der Waals surface area contributed by atoms with E-state index in [2.05, 4.69) is 0 Å². The molecule has 0 unspecified atom stereocenters. The van der Waals surface area contributed by atoms with Crippen LogP contribution in [0.1, 0.15) is 41.3 Å². The summed E-state index contributed by atoms with van der Waals surface area (Å²) in [6.07, 6.45) is 0. The number of aromatic hydroxyl groups is 1. The predicted octanol–water partition coefficient (Wildman–Crippen LogP) is 3.45. The van der Waals surface area contributed by atoms with E-state index < -0.39 is 0 Å². The zero-order valence-electron chi connectivity index (χ0n) is 14.4. The number of phenols is 1. The molecule has 2 aliphatic heterocycles. The lowest BCUT2D eigenvalue weighted by Gasteiger charge is -2.36. The summed E-state index contributed by atoms with van der Waals surface area (Å²) in [5, 5.41) is 10.7. The summed E-state index contributed by atoms with van der Waals surface area (Å²) in [6, 6.07) is 6.95. The highest BCUT2D eigenvalue weighted by Gasteiger charge is 2.43. The van der Waals surface area contributed by atoms with Gasteiger partial charge in [-0.25, -0.2) is 0 Å². The second kappa shape index (κ2) is 5.30. The van der Waals surface area contributed by atoms with E-state index in [0.29, 0.717) is 34.1 Å². The normalized spacial score (nSPS) is 25.3. The second-order valence-electron chi connectivity index (χ2n) is 7.01. The number of hydrogen-bond donors (Lipinski definition) is 1. The van der Waals surface area contributed by atoms with Crippen LogP contribution in [-0.4, -0.2) is 24.5 Å². The van der Waals surface area contributed by atoms with Crippen molar-refractivity contribution < 1.29 is 28.8 Å². The molecule has 1 N–H and O–H groups in total. The van der Waals surface area contributed by atoms with Crippen LogP contribution in [0.25, 0.3) is 0 Å². The van der Waals surface area contributed by atoms with E-state index in [1.54, 1.807) is 24.3 Å². The maximum atomic E-state index is 12.9. The lowest BCUT2D eigenvalue weighted by atomic mass is 9.66. The Labute approximate surface area is 150 Å². The minimum Gasteiger partial charge on any atom is -0.508 e. The fourth-order valence-corrected chi connectivity index (χ4v) is 4.19. The molecule has 6 heteroatoms. The Hall–Kier alpha value is -2.89. The highest BCUT2D eigenvalue weighted by molar-refractivity contribution is 6.02. The van der Waals surface area contributed by atoms with E-state index in [1.165, 1.54) is 0 Å². The predicted molar refractivity (Wildman–Crippen MR) is 91.3 cm³/mol. The first-order valence-electron chi connectivity index (χ1n) is 8.65. The smallest absolute Gasteiger partial charge is 0.231 e. The molecule has 0 saturated heterocycles. The number of hydrogen-bond acceptors (Lipinski definition) is 6. The molecular formula is C20H18O6. The van der Waals surface area contributed by atoms with Crippen LogP contribution >= 0.6 is 0 Å². The largest absolute Gasteiger partial charge is 0.508 e. The third-order valence-electron chi connectivity index (χ3n) is 5.74. The third-order valence-corrected chi connectivity index (χ3v) is 5.74. The molecule has 2 heterocycles. The monoisotopic (exact) mass is 354 g/mol. The van der Waals surface area contributed by atoms with E-state index >= 15 is 0 Å². The summed E-state index contributed by atoms with van der Waals surface area (Å²) in [5.74, 6) is 2.12. The summed E-state index contributed by atoms with van der Waals surface area (Å²) in [7, 11) is 0. The van der Waals surface area contributed by atoms with Crippen LogP contribution in [0.4, 0.5) is 0 Å². The Balaban J connectivity index is 1.76. The molecule has 134 valence electrons. The van der Waals surface area contributed by atoms with Crippen molar-refractivity contribution in [2.24, 2.45) is 11.8 Å². The molecule has 3 aliphatic rings. The van der Waals surface area contributed by atoms with Gasteiger partial charge >= 0.3 is 0 Å². The highest BCUT2D eigenvalue weighted by Crippen LogP contribution is 2.54. The lowest BCUT2D eigenvalue weighted by molar-refractivity contribution is 0.0863. The van der Waals surface area contributed by atoms with Crippen LogP contribution in [0.2, 0.25) is 0 Å². The number of ether oxygens (including phenoxy) is 4. The standard InChI is InChI=1S/C20H18O6/c1-9-10(2)19(22)11-3-4-14-20(26-8-23-14)18(11)17(9)12-5-15-16(6-13(12)21)25-7-24-15/h3-6,9-10,17,21H,7-8H2,1-2H3/t9-,10-,17-/m0/s1. The van der Waals surface area contributed by atoms with Gasteiger partial charge in [0.05, 0.1) is 0 Å². The quantitative estimate of drug-likeness (QED) is 0.845. The van der Waals surface area contributed by atoms with Crippen molar-refractivity contribution in [3.05, 3.63) is 41.0 Å². The van der Waals surface area contributed by atoms with Gasteiger partial charge in [-0.3, -0.25) is 4.79 Å². The van der Waals surface area contributed by atoms with Gasteiger partial charge in [0, 0.05) is 34.6 Å². The van der Waals surface area contributed by atoms with Gasteiger partial charge in [0.1, 0.15) is 5.75 Å². The summed E-state index contributed by atoms with van der Waals surface area (Å²) in [5.41, 5.74) is 2.11. The Morgan fingerprint density at radius 2 is 1.65 bits per heavy atom. The Kier molecular flexibility index (Phi) is 3.13. The SMILES string of the molecule is C[C@@H]1[C@@H](c2cc3c(cc2O)OCO3)c2c(ccc3c2OCO3)C(=O)[C@H]1C. The fraction of sp³-hybridized carbons (Fsp3) is 0.350. The van der Waals surface area contributed by atoms with Crippen molar-refractivity contribution in [3.63, 3.8) is 0 Å². The first kappa shape index (κ1) is 15.4. The van der Waals surface area contributed by atoms with Crippen LogP contribution < -0.4 is 18.9 Å².